The monoisotopic (exact) mass is 326 g/mol. The number of hydrogen-bond donors (Lipinski definition) is 2. The van der Waals surface area contributed by atoms with E-state index in [0.29, 0.717) is 5.69 Å². The van der Waals surface area contributed by atoms with E-state index in [9.17, 15) is 13.6 Å². The van der Waals surface area contributed by atoms with Gasteiger partial charge in [-0.05, 0) is 46.3 Å². The Morgan fingerprint density at radius 3 is 2.42 bits per heavy atom. The van der Waals surface area contributed by atoms with Gasteiger partial charge in [0.25, 0.3) is 0 Å². The SMILES string of the molecule is O=C(Nc1ccc(F)c(Br)c1)Nc1ccccc1F. The second-order valence-electron chi connectivity index (χ2n) is 3.69. The van der Waals surface area contributed by atoms with E-state index in [1.807, 2.05) is 0 Å². The normalized spacial score (nSPS) is 10.1. The zero-order valence-electron chi connectivity index (χ0n) is 9.58. The molecule has 19 heavy (non-hydrogen) atoms. The van der Waals surface area contributed by atoms with Crippen LogP contribution in [0.1, 0.15) is 0 Å². The number of carbonyl (C=O) groups is 1. The zero-order chi connectivity index (χ0) is 13.8. The number of hydrogen-bond acceptors (Lipinski definition) is 1. The van der Waals surface area contributed by atoms with Gasteiger partial charge >= 0.3 is 6.03 Å². The molecule has 0 saturated heterocycles. The van der Waals surface area contributed by atoms with Crippen LogP contribution in [0.5, 0.6) is 0 Å². The Balaban J connectivity index is 2.05. The van der Waals surface area contributed by atoms with Crippen LogP contribution in [0, 0.1) is 11.6 Å². The van der Waals surface area contributed by atoms with Crippen molar-refractivity contribution in [2.75, 3.05) is 10.6 Å². The van der Waals surface area contributed by atoms with Crippen LogP contribution >= 0.6 is 15.9 Å². The second kappa shape index (κ2) is 5.79. The summed E-state index contributed by atoms with van der Waals surface area (Å²) >= 11 is 3.01. The van der Waals surface area contributed by atoms with E-state index in [0.717, 1.165) is 0 Å². The number of amides is 2. The first-order valence-electron chi connectivity index (χ1n) is 5.34. The molecule has 0 aliphatic heterocycles. The fraction of sp³-hybridized carbons (Fsp3) is 0. The third-order valence-electron chi connectivity index (χ3n) is 2.30. The fourth-order valence-electron chi connectivity index (χ4n) is 1.42. The number of rotatable bonds is 2. The van der Waals surface area contributed by atoms with Gasteiger partial charge in [0.2, 0.25) is 0 Å². The molecule has 0 atom stereocenters. The Morgan fingerprint density at radius 1 is 1.00 bits per heavy atom. The van der Waals surface area contributed by atoms with Crippen LogP contribution in [0.15, 0.2) is 46.9 Å². The molecule has 2 rings (SSSR count). The molecule has 0 radical (unpaired) electrons. The van der Waals surface area contributed by atoms with Crippen LogP contribution in [-0.2, 0) is 0 Å². The van der Waals surface area contributed by atoms with Crippen molar-refractivity contribution in [3.8, 4) is 0 Å². The van der Waals surface area contributed by atoms with Gasteiger partial charge in [0, 0.05) is 5.69 Å². The lowest BCUT2D eigenvalue weighted by atomic mass is 10.3. The van der Waals surface area contributed by atoms with E-state index in [4.69, 9.17) is 0 Å². The average molecular weight is 327 g/mol. The highest BCUT2D eigenvalue weighted by Crippen LogP contribution is 2.20. The Bertz CT molecular complexity index is 619. The van der Waals surface area contributed by atoms with E-state index in [1.54, 1.807) is 6.07 Å². The van der Waals surface area contributed by atoms with Crippen molar-refractivity contribution in [1.29, 1.82) is 0 Å². The van der Waals surface area contributed by atoms with Gasteiger partial charge in [-0.3, -0.25) is 0 Å². The number of anilines is 2. The highest BCUT2D eigenvalue weighted by molar-refractivity contribution is 9.10. The minimum Gasteiger partial charge on any atom is -0.308 e. The minimum atomic E-state index is -0.608. The zero-order valence-corrected chi connectivity index (χ0v) is 11.2. The summed E-state index contributed by atoms with van der Waals surface area (Å²) in [5.41, 5.74) is 0.461. The first-order chi connectivity index (χ1) is 9.06. The summed E-state index contributed by atoms with van der Waals surface area (Å²) in [5.74, 6) is -0.960. The summed E-state index contributed by atoms with van der Waals surface area (Å²) < 4.78 is 26.5. The van der Waals surface area contributed by atoms with Crippen LogP contribution in [-0.4, -0.2) is 6.03 Å². The Kier molecular flexibility index (Phi) is 4.11. The molecule has 0 heterocycles. The first kappa shape index (κ1) is 13.5. The van der Waals surface area contributed by atoms with E-state index in [-0.39, 0.29) is 10.2 Å². The molecule has 0 bridgehead atoms. The standard InChI is InChI=1S/C13H9BrF2N2O/c14-9-7-8(5-6-10(9)15)17-13(19)18-12-4-2-1-3-11(12)16/h1-7H,(H2,17,18,19). The van der Waals surface area contributed by atoms with Gasteiger partial charge in [-0.15, -0.1) is 0 Å². The number of carbonyl (C=O) groups excluding carboxylic acids is 1. The molecule has 0 spiro atoms. The van der Waals surface area contributed by atoms with Crippen molar-refractivity contribution >= 4 is 33.3 Å². The lowest BCUT2D eigenvalue weighted by Gasteiger charge is -2.08. The molecule has 0 saturated carbocycles. The predicted octanol–water partition coefficient (Wildman–Crippen LogP) is 4.37. The van der Waals surface area contributed by atoms with Crippen LogP contribution in [0.3, 0.4) is 0 Å². The van der Waals surface area contributed by atoms with Gasteiger partial charge in [-0.25, -0.2) is 13.6 Å². The maximum absolute atomic E-state index is 13.3. The largest absolute Gasteiger partial charge is 0.323 e. The molecule has 2 amide bonds. The number of para-hydroxylation sites is 1. The molecule has 0 aromatic heterocycles. The fourth-order valence-corrected chi connectivity index (χ4v) is 1.80. The molecule has 3 nitrogen and oxygen atoms in total. The van der Waals surface area contributed by atoms with Gasteiger partial charge in [0.05, 0.1) is 10.2 Å². The van der Waals surface area contributed by atoms with Crippen LogP contribution in [0.25, 0.3) is 0 Å². The van der Waals surface area contributed by atoms with Crippen molar-refractivity contribution < 1.29 is 13.6 Å². The number of benzene rings is 2. The summed E-state index contributed by atoms with van der Waals surface area (Å²) in [4.78, 5) is 11.6. The maximum atomic E-state index is 13.3. The third-order valence-corrected chi connectivity index (χ3v) is 2.91. The number of nitrogens with one attached hydrogen (secondary N) is 2. The summed E-state index contributed by atoms with van der Waals surface area (Å²) in [5, 5.41) is 4.83. The molecule has 2 aromatic rings. The molecule has 2 N–H and O–H groups in total. The topological polar surface area (TPSA) is 41.1 Å². The average Bonchev–Trinajstić information content (AvgIpc) is 2.37. The van der Waals surface area contributed by atoms with Crippen molar-refractivity contribution in [3.05, 3.63) is 58.6 Å². The van der Waals surface area contributed by atoms with E-state index in [1.165, 1.54) is 36.4 Å². The second-order valence-corrected chi connectivity index (χ2v) is 4.54. The smallest absolute Gasteiger partial charge is 0.308 e. The van der Waals surface area contributed by atoms with Crippen molar-refractivity contribution in [1.82, 2.24) is 0 Å². The van der Waals surface area contributed by atoms with Crippen LogP contribution < -0.4 is 10.6 Å². The van der Waals surface area contributed by atoms with Crippen molar-refractivity contribution in [2.24, 2.45) is 0 Å². The van der Waals surface area contributed by atoms with E-state index < -0.39 is 17.7 Å². The minimum absolute atomic E-state index is 0.0705. The van der Waals surface area contributed by atoms with E-state index in [2.05, 4.69) is 26.6 Å². The van der Waals surface area contributed by atoms with Gasteiger partial charge < -0.3 is 10.6 Å². The highest BCUT2D eigenvalue weighted by Gasteiger charge is 2.07. The molecule has 2 aromatic carbocycles. The van der Waals surface area contributed by atoms with E-state index >= 15 is 0 Å². The summed E-state index contributed by atoms with van der Waals surface area (Å²) in [6, 6.07) is 9.23. The molecular weight excluding hydrogens is 318 g/mol. The molecule has 98 valence electrons. The van der Waals surface area contributed by atoms with Crippen LogP contribution in [0.2, 0.25) is 0 Å². The number of halogens is 3. The van der Waals surface area contributed by atoms with Crippen molar-refractivity contribution in [2.45, 2.75) is 0 Å². The van der Waals surface area contributed by atoms with Gasteiger partial charge in [0.1, 0.15) is 11.6 Å². The molecule has 0 aliphatic carbocycles. The quantitative estimate of drug-likeness (QED) is 0.845. The summed E-state index contributed by atoms with van der Waals surface area (Å²) in [6.45, 7) is 0. The van der Waals surface area contributed by atoms with Crippen molar-refractivity contribution in [3.63, 3.8) is 0 Å². The Labute approximate surface area is 116 Å². The number of urea groups is 1. The van der Waals surface area contributed by atoms with Gasteiger partial charge in [0.15, 0.2) is 0 Å². The Morgan fingerprint density at radius 2 is 1.74 bits per heavy atom. The van der Waals surface area contributed by atoms with Gasteiger partial charge in [-0.2, -0.15) is 0 Å². The third kappa shape index (κ3) is 3.51. The maximum Gasteiger partial charge on any atom is 0.323 e. The van der Waals surface area contributed by atoms with Gasteiger partial charge in [-0.1, -0.05) is 12.1 Å². The molecule has 0 unspecified atom stereocenters. The Hall–Kier alpha value is -1.95. The molecular formula is C13H9BrF2N2O. The molecule has 6 heteroatoms. The first-order valence-corrected chi connectivity index (χ1v) is 6.13. The highest BCUT2D eigenvalue weighted by atomic mass is 79.9. The molecule has 0 aliphatic rings. The summed E-state index contributed by atoms with van der Waals surface area (Å²) in [7, 11) is 0. The summed E-state index contributed by atoms with van der Waals surface area (Å²) in [6.07, 6.45) is 0. The van der Waals surface area contributed by atoms with Crippen LogP contribution in [0.4, 0.5) is 25.0 Å². The lowest BCUT2D eigenvalue weighted by molar-refractivity contribution is 0.262. The predicted molar refractivity (Wildman–Crippen MR) is 73.1 cm³/mol. The lowest BCUT2D eigenvalue weighted by Crippen LogP contribution is -2.20. The molecule has 0 fully saturated rings.